The van der Waals surface area contributed by atoms with E-state index >= 15 is 0 Å². The Kier molecular flexibility index (Phi) is 4.95. The van der Waals surface area contributed by atoms with Gasteiger partial charge < -0.3 is 10.1 Å². The van der Waals surface area contributed by atoms with Gasteiger partial charge in [-0.2, -0.15) is 5.26 Å². The topological polar surface area (TPSA) is 62.1 Å². The number of carbonyl (C=O) groups is 1. The van der Waals surface area contributed by atoms with Crippen molar-refractivity contribution in [3.05, 3.63) is 29.6 Å². The van der Waals surface area contributed by atoms with Gasteiger partial charge in [-0.25, -0.2) is 4.39 Å². The van der Waals surface area contributed by atoms with E-state index in [9.17, 15) is 9.18 Å². The second kappa shape index (κ2) is 6.48. The van der Waals surface area contributed by atoms with Gasteiger partial charge in [0.25, 0.3) is 0 Å². The number of carbonyl (C=O) groups excluding carboxylic acids is 1. The van der Waals surface area contributed by atoms with Crippen LogP contribution in [0.2, 0.25) is 0 Å². The molecule has 0 radical (unpaired) electrons. The normalized spacial score (nSPS) is 9.47. The van der Waals surface area contributed by atoms with Crippen LogP contribution in [0.15, 0.2) is 18.2 Å². The molecular weight excluding hydrogens is 223 g/mol. The molecule has 1 N–H and O–H groups in total. The molecule has 0 atom stereocenters. The van der Waals surface area contributed by atoms with E-state index < -0.39 is 5.82 Å². The lowest BCUT2D eigenvalue weighted by Crippen LogP contribution is -2.21. The summed E-state index contributed by atoms with van der Waals surface area (Å²) in [5, 5.41) is 10.8. The van der Waals surface area contributed by atoms with Crippen molar-refractivity contribution < 1.29 is 13.9 Å². The highest BCUT2D eigenvalue weighted by Crippen LogP contribution is 2.18. The molecule has 1 aromatic rings. The van der Waals surface area contributed by atoms with Crippen LogP contribution in [0, 0.1) is 17.1 Å². The highest BCUT2D eigenvalue weighted by atomic mass is 19.1. The van der Waals surface area contributed by atoms with Gasteiger partial charge in [0.2, 0.25) is 5.91 Å². The Balaban J connectivity index is 2.59. The summed E-state index contributed by atoms with van der Waals surface area (Å²) in [7, 11) is 0. The number of nitrogens with one attached hydrogen (secondary N) is 1. The minimum Gasteiger partial charge on any atom is -0.491 e. The lowest BCUT2D eigenvalue weighted by Gasteiger charge is -2.07. The van der Waals surface area contributed by atoms with Gasteiger partial charge in [-0.05, 0) is 24.6 Å². The van der Waals surface area contributed by atoms with Crippen molar-refractivity contribution in [2.45, 2.75) is 19.9 Å². The van der Waals surface area contributed by atoms with Crippen molar-refractivity contribution in [3.63, 3.8) is 0 Å². The summed E-state index contributed by atoms with van der Waals surface area (Å²) in [6, 6.07) is 6.22. The van der Waals surface area contributed by atoms with Crippen molar-refractivity contribution in [2.24, 2.45) is 0 Å². The van der Waals surface area contributed by atoms with E-state index in [1.807, 2.05) is 0 Å². The van der Waals surface area contributed by atoms with Crippen molar-refractivity contribution in [2.75, 3.05) is 6.61 Å². The standard InChI is InChI=1S/C12H13FN2O2/c1-2-17-11-4-3-9(7-10(11)13)8-15-12(16)5-6-14/h3-4,7H,2,5,8H2,1H3,(H,15,16). The molecule has 0 bridgehead atoms. The first kappa shape index (κ1) is 13.0. The molecule has 1 amide bonds. The molecule has 0 unspecified atom stereocenters. The zero-order chi connectivity index (χ0) is 12.7. The van der Waals surface area contributed by atoms with Gasteiger partial charge >= 0.3 is 0 Å². The number of nitrogens with zero attached hydrogens (tertiary/aromatic N) is 1. The Morgan fingerprint density at radius 3 is 2.94 bits per heavy atom. The maximum absolute atomic E-state index is 13.4. The number of amides is 1. The average Bonchev–Trinajstić information content (AvgIpc) is 2.30. The number of halogens is 1. The van der Waals surface area contributed by atoms with E-state index in [0.29, 0.717) is 12.2 Å². The van der Waals surface area contributed by atoms with Crippen LogP contribution in [0.3, 0.4) is 0 Å². The number of hydrogen-bond donors (Lipinski definition) is 1. The Hall–Kier alpha value is -2.09. The number of rotatable bonds is 5. The Bertz CT molecular complexity index is 441. The third-order valence-electron chi connectivity index (χ3n) is 2.03. The summed E-state index contributed by atoms with van der Waals surface area (Å²) in [5.41, 5.74) is 0.622. The van der Waals surface area contributed by atoms with Gasteiger partial charge in [0.15, 0.2) is 11.6 Å². The minimum atomic E-state index is -0.459. The van der Waals surface area contributed by atoms with Crippen LogP contribution in [0.4, 0.5) is 4.39 Å². The molecule has 17 heavy (non-hydrogen) atoms. The van der Waals surface area contributed by atoms with Crippen molar-refractivity contribution in [1.82, 2.24) is 5.32 Å². The largest absolute Gasteiger partial charge is 0.491 e. The molecule has 0 aromatic heterocycles. The van der Waals surface area contributed by atoms with Crippen molar-refractivity contribution >= 4 is 5.91 Å². The summed E-state index contributed by atoms with van der Waals surface area (Å²) in [6.45, 7) is 2.37. The predicted molar refractivity (Wildman–Crippen MR) is 59.6 cm³/mol. The molecule has 0 aliphatic heterocycles. The number of nitriles is 1. The summed E-state index contributed by atoms with van der Waals surface area (Å²) in [4.78, 5) is 11.0. The summed E-state index contributed by atoms with van der Waals surface area (Å²) in [6.07, 6.45) is -0.195. The molecule has 5 heteroatoms. The SMILES string of the molecule is CCOc1ccc(CNC(=O)CC#N)cc1F. The summed E-state index contributed by atoms with van der Waals surface area (Å²) in [5.74, 6) is -0.639. The first-order valence-corrected chi connectivity index (χ1v) is 5.22. The molecular formula is C12H13FN2O2. The summed E-state index contributed by atoms with van der Waals surface area (Å²) >= 11 is 0. The van der Waals surface area contributed by atoms with Gasteiger partial charge in [-0.1, -0.05) is 6.07 Å². The molecule has 0 aliphatic carbocycles. The van der Waals surface area contributed by atoms with Gasteiger partial charge in [-0.15, -0.1) is 0 Å². The van der Waals surface area contributed by atoms with E-state index in [1.165, 1.54) is 12.1 Å². The predicted octanol–water partition coefficient (Wildman–Crippen LogP) is 1.75. The van der Waals surface area contributed by atoms with E-state index in [0.717, 1.165) is 0 Å². The molecule has 1 aromatic carbocycles. The summed E-state index contributed by atoms with van der Waals surface area (Å²) < 4.78 is 18.5. The Labute approximate surface area is 99.0 Å². The average molecular weight is 236 g/mol. The molecule has 0 saturated heterocycles. The number of hydrogen-bond acceptors (Lipinski definition) is 3. The fourth-order valence-electron chi connectivity index (χ4n) is 1.26. The molecule has 0 aliphatic rings. The molecule has 0 heterocycles. The molecule has 0 fully saturated rings. The van der Waals surface area contributed by atoms with Gasteiger partial charge in [0, 0.05) is 6.54 Å². The zero-order valence-electron chi connectivity index (χ0n) is 9.50. The lowest BCUT2D eigenvalue weighted by molar-refractivity contribution is -0.120. The molecule has 0 saturated carbocycles. The fourth-order valence-corrected chi connectivity index (χ4v) is 1.26. The molecule has 4 nitrogen and oxygen atoms in total. The molecule has 0 spiro atoms. The number of benzene rings is 1. The quantitative estimate of drug-likeness (QED) is 0.847. The van der Waals surface area contributed by atoms with Crippen LogP contribution >= 0.6 is 0 Å². The highest BCUT2D eigenvalue weighted by Gasteiger charge is 2.05. The molecule has 90 valence electrons. The van der Waals surface area contributed by atoms with E-state index in [2.05, 4.69) is 5.32 Å². The maximum Gasteiger partial charge on any atom is 0.234 e. The minimum absolute atomic E-state index is 0.194. The van der Waals surface area contributed by atoms with Crippen LogP contribution < -0.4 is 10.1 Å². The first-order valence-electron chi connectivity index (χ1n) is 5.22. The van der Waals surface area contributed by atoms with E-state index in [-0.39, 0.29) is 24.6 Å². The third-order valence-corrected chi connectivity index (χ3v) is 2.03. The maximum atomic E-state index is 13.4. The highest BCUT2D eigenvalue weighted by molar-refractivity contribution is 5.77. The third kappa shape index (κ3) is 4.11. The zero-order valence-corrected chi connectivity index (χ0v) is 9.50. The first-order chi connectivity index (χ1) is 8.17. The van der Waals surface area contributed by atoms with Gasteiger partial charge in [-0.3, -0.25) is 4.79 Å². The second-order valence-corrected chi connectivity index (χ2v) is 3.31. The van der Waals surface area contributed by atoms with Crippen molar-refractivity contribution in [1.29, 1.82) is 5.26 Å². The van der Waals surface area contributed by atoms with Gasteiger partial charge in [0.1, 0.15) is 6.42 Å². The lowest BCUT2D eigenvalue weighted by atomic mass is 10.2. The van der Waals surface area contributed by atoms with E-state index in [1.54, 1.807) is 19.1 Å². The van der Waals surface area contributed by atoms with Crippen LogP contribution in [-0.2, 0) is 11.3 Å². The fraction of sp³-hybridized carbons (Fsp3) is 0.333. The van der Waals surface area contributed by atoms with Crippen LogP contribution in [0.5, 0.6) is 5.75 Å². The Morgan fingerprint density at radius 1 is 1.59 bits per heavy atom. The monoisotopic (exact) mass is 236 g/mol. The van der Waals surface area contributed by atoms with Crippen LogP contribution in [0.25, 0.3) is 0 Å². The second-order valence-electron chi connectivity index (χ2n) is 3.31. The van der Waals surface area contributed by atoms with Crippen LogP contribution in [0.1, 0.15) is 18.9 Å². The number of ether oxygens (including phenoxy) is 1. The molecule has 1 rings (SSSR count). The van der Waals surface area contributed by atoms with E-state index in [4.69, 9.17) is 10.00 Å². The van der Waals surface area contributed by atoms with Crippen LogP contribution in [-0.4, -0.2) is 12.5 Å². The van der Waals surface area contributed by atoms with Gasteiger partial charge in [0.05, 0.1) is 12.7 Å². The smallest absolute Gasteiger partial charge is 0.234 e. The van der Waals surface area contributed by atoms with Crippen molar-refractivity contribution in [3.8, 4) is 11.8 Å². The Morgan fingerprint density at radius 2 is 2.35 bits per heavy atom.